The van der Waals surface area contributed by atoms with E-state index >= 15 is 0 Å². The van der Waals surface area contributed by atoms with Gasteiger partial charge in [0.25, 0.3) is 5.91 Å². The summed E-state index contributed by atoms with van der Waals surface area (Å²) in [4.78, 5) is 34.0. The molecule has 0 spiro atoms. The summed E-state index contributed by atoms with van der Waals surface area (Å²) in [6.45, 7) is 4.78. The van der Waals surface area contributed by atoms with Crippen LogP contribution >= 0.6 is 11.6 Å². The Morgan fingerprint density at radius 1 is 0.895 bits per heavy atom. The van der Waals surface area contributed by atoms with Gasteiger partial charge in [0.1, 0.15) is 0 Å². The first kappa shape index (κ1) is 24.6. The van der Waals surface area contributed by atoms with Crippen LogP contribution in [0.3, 0.4) is 0 Å². The van der Waals surface area contributed by atoms with Crippen molar-refractivity contribution in [2.45, 2.75) is 18.9 Å². The molecule has 1 saturated heterocycles. The van der Waals surface area contributed by atoms with Gasteiger partial charge < -0.3 is 19.3 Å². The standard InChI is InChI=1S/C31H31ClN4O2/c1-20-12-13-21(32)18-27(20)35-14-16-36(17-15-35)31(38)28-23-9-4-5-10-24(23)30(37)34(3)29(28)25-19-33(2)26-11-7-6-8-22(25)26/h4-13,18-19,28-29H,14-17H2,1-3H3. The molecule has 2 unspecified atom stereocenters. The van der Waals surface area contributed by atoms with Crippen molar-refractivity contribution >= 4 is 40.0 Å². The van der Waals surface area contributed by atoms with Gasteiger partial charge in [-0.05, 0) is 42.3 Å². The molecule has 38 heavy (non-hydrogen) atoms. The van der Waals surface area contributed by atoms with Gasteiger partial charge in [-0.15, -0.1) is 0 Å². The van der Waals surface area contributed by atoms with Crippen LogP contribution in [-0.2, 0) is 11.8 Å². The first-order valence-corrected chi connectivity index (χ1v) is 13.4. The zero-order valence-corrected chi connectivity index (χ0v) is 22.7. The number of piperazine rings is 1. The number of fused-ring (bicyclic) bond motifs is 2. The lowest BCUT2D eigenvalue weighted by molar-refractivity contribution is -0.134. The van der Waals surface area contributed by atoms with E-state index in [1.807, 2.05) is 73.6 Å². The van der Waals surface area contributed by atoms with Gasteiger partial charge in [-0.25, -0.2) is 0 Å². The summed E-state index contributed by atoms with van der Waals surface area (Å²) in [6.07, 6.45) is 2.08. The highest BCUT2D eigenvalue weighted by molar-refractivity contribution is 6.30. The van der Waals surface area contributed by atoms with Crippen molar-refractivity contribution in [1.82, 2.24) is 14.4 Å². The SMILES string of the molecule is Cc1ccc(Cl)cc1N1CCN(C(=O)C2c3ccccc3C(=O)N(C)C2c2cn(C)c3ccccc23)CC1. The summed E-state index contributed by atoms with van der Waals surface area (Å²) in [5.41, 5.74) is 5.79. The number of halogens is 1. The fourth-order valence-electron chi connectivity index (χ4n) is 6.23. The van der Waals surface area contributed by atoms with E-state index < -0.39 is 12.0 Å². The molecule has 1 fully saturated rings. The van der Waals surface area contributed by atoms with E-state index in [9.17, 15) is 9.59 Å². The highest BCUT2D eigenvalue weighted by Crippen LogP contribution is 2.45. The summed E-state index contributed by atoms with van der Waals surface area (Å²) < 4.78 is 2.08. The van der Waals surface area contributed by atoms with Gasteiger partial charge in [-0.2, -0.15) is 0 Å². The molecule has 2 atom stereocenters. The van der Waals surface area contributed by atoms with Crippen LogP contribution in [0, 0.1) is 6.92 Å². The fraction of sp³-hybridized carbons (Fsp3) is 0.290. The molecule has 3 aromatic carbocycles. The van der Waals surface area contributed by atoms with Crippen LogP contribution in [0.25, 0.3) is 10.9 Å². The van der Waals surface area contributed by atoms with Gasteiger partial charge in [-0.3, -0.25) is 9.59 Å². The van der Waals surface area contributed by atoms with Crippen molar-refractivity contribution in [2.75, 3.05) is 38.1 Å². The Labute approximate surface area is 228 Å². The molecule has 6 nitrogen and oxygen atoms in total. The molecular weight excluding hydrogens is 496 g/mol. The molecule has 0 N–H and O–H groups in total. The number of anilines is 1. The van der Waals surface area contributed by atoms with Crippen LogP contribution in [-0.4, -0.2) is 59.4 Å². The minimum absolute atomic E-state index is 0.0520. The van der Waals surface area contributed by atoms with Crippen LogP contribution in [0.4, 0.5) is 5.69 Å². The lowest BCUT2D eigenvalue weighted by Gasteiger charge is -2.43. The monoisotopic (exact) mass is 526 g/mol. The van der Waals surface area contributed by atoms with Crippen molar-refractivity contribution in [2.24, 2.45) is 7.05 Å². The van der Waals surface area contributed by atoms with Crippen LogP contribution in [0.2, 0.25) is 5.02 Å². The molecule has 2 amide bonds. The number of carbonyl (C=O) groups is 2. The van der Waals surface area contributed by atoms with Crippen LogP contribution in [0.5, 0.6) is 0 Å². The Kier molecular flexibility index (Phi) is 6.15. The molecule has 2 aliphatic rings. The van der Waals surface area contributed by atoms with E-state index in [0.717, 1.165) is 40.8 Å². The third kappa shape index (κ3) is 3.95. The van der Waals surface area contributed by atoms with Crippen molar-refractivity contribution in [3.63, 3.8) is 0 Å². The molecule has 0 aliphatic carbocycles. The molecule has 0 radical (unpaired) electrons. The summed E-state index contributed by atoms with van der Waals surface area (Å²) in [6, 6.07) is 21.3. The molecule has 0 bridgehead atoms. The Bertz CT molecular complexity index is 1550. The lowest BCUT2D eigenvalue weighted by atomic mass is 9.79. The summed E-state index contributed by atoms with van der Waals surface area (Å²) in [7, 11) is 3.84. The normalized spacial score (nSPS) is 19.7. The number of hydrogen-bond donors (Lipinski definition) is 0. The largest absolute Gasteiger partial charge is 0.368 e. The van der Waals surface area contributed by atoms with E-state index in [1.54, 1.807) is 4.90 Å². The third-order valence-corrected chi connectivity index (χ3v) is 8.43. The minimum atomic E-state index is -0.487. The second kappa shape index (κ2) is 9.52. The number of aromatic nitrogens is 1. The van der Waals surface area contributed by atoms with Crippen LogP contribution < -0.4 is 4.90 Å². The number of hydrogen-bond acceptors (Lipinski definition) is 3. The summed E-state index contributed by atoms with van der Waals surface area (Å²) >= 11 is 6.28. The molecule has 4 aromatic rings. The van der Waals surface area contributed by atoms with Gasteiger partial charge in [0, 0.05) is 79.2 Å². The molecule has 3 heterocycles. The molecule has 0 saturated carbocycles. The number of para-hydroxylation sites is 1. The van der Waals surface area contributed by atoms with Gasteiger partial charge in [-0.1, -0.05) is 54.1 Å². The summed E-state index contributed by atoms with van der Waals surface area (Å²) in [5, 5.41) is 1.78. The maximum absolute atomic E-state index is 14.4. The second-order valence-corrected chi connectivity index (χ2v) is 10.8. The predicted octanol–water partition coefficient (Wildman–Crippen LogP) is 5.40. The number of amides is 2. The maximum Gasteiger partial charge on any atom is 0.254 e. The number of rotatable bonds is 3. The lowest BCUT2D eigenvalue weighted by Crippen LogP contribution is -2.53. The smallest absolute Gasteiger partial charge is 0.254 e. The van der Waals surface area contributed by atoms with E-state index in [0.29, 0.717) is 23.7 Å². The zero-order chi connectivity index (χ0) is 26.6. The minimum Gasteiger partial charge on any atom is -0.368 e. The average molecular weight is 527 g/mol. The van der Waals surface area contributed by atoms with Gasteiger partial charge in [0.15, 0.2) is 0 Å². The number of aryl methyl sites for hydroxylation is 2. The average Bonchev–Trinajstić information content (AvgIpc) is 3.27. The van der Waals surface area contributed by atoms with Crippen molar-refractivity contribution < 1.29 is 9.59 Å². The fourth-order valence-corrected chi connectivity index (χ4v) is 6.39. The van der Waals surface area contributed by atoms with Crippen LogP contribution in [0.15, 0.2) is 72.9 Å². The van der Waals surface area contributed by atoms with E-state index in [4.69, 9.17) is 11.6 Å². The highest BCUT2D eigenvalue weighted by atomic mass is 35.5. The first-order chi connectivity index (χ1) is 18.3. The van der Waals surface area contributed by atoms with Crippen molar-refractivity contribution in [3.8, 4) is 0 Å². The number of likely N-dealkylation sites (N-methyl/N-ethyl adjacent to an activating group) is 1. The summed E-state index contributed by atoms with van der Waals surface area (Å²) in [5.74, 6) is -0.472. The van der Waals surface area contributed by atoms with E-state index in [-0.39, 0.29) is 11.8 Å². The number of nitrogens with zero attached hydrogens (tertiary/aromatic N) is 4. The number of carbonyl (C=O) groups excluding carboxylic acids is 2. The molecule has 2 aliphatic heterocycles. The van der Waals surface area contributed by atoms with E-state index in [2.05, 4.69) is 34.7 Å². The second-order valence-electron chi connectivity index (χ2n) is 10.4. The van der Waals surface area contributed by atoms with Crippen LogP contribution in [0.1, 0.15) is 39.0 Å². The topological polar surface area (TPSA) is 48.8 Å². The van der Waals surface area contributed by atoms with Crippen molar-refractivity contribution in [1.29, 1.82) is 0 Å². The highest BCUT2D eigenvalue weighted by Gasteiger charge is 2.45. The third-order valence-electron chi connectivity index (χ3n) is 8.20. The molecular formula is C31H31ClN4O2. The van der Waals surface area contributed by atoms with E-state index in [1.165, 1.54) is 5.56 Å². The Hall–Kier alpha value is -3.77. The Balaban J connectivity index is 1.37. The van der Waals surface area contributed by atoms with Gasteiger partial charge in [0.05, 0.1) is 12.0 Å². The molecule has 6 rings (SSSR count). The molecule has 7 heteroatoms. The van der Waals surface area contributed by atoms with Gasteiger partial charge >= 0.3 is 0 Å². The molecule has 1 aromatic heterocycles. The Morgan fingerprint density at radius 2 is 1.61 bits per heavy atom. The zero-order valence-electron chi connectivity index (χ0n) is 21.9. The first-order valence-electron chi connectivity index (χ1n) is 13.0. The Morgan fingerprint density at radius 3 is 2.39 bits per heavy atom. The molecule has 194 valence electrons. The maximum atomic E-state index is 14.4. The number of benzene rings is 3. The van der Waals surface area contributed by atoms with Crippen molar-refractivity contribution in [3.05, 3.63) is 100 Å². The quantitative estimate of drug-likeness (QED) is 0.359. The van der Waals surface area contributed by atoms with Gasteiger partial charge in [0.2, 0.25) is 5.91 Å². The predicted molar refractivity (Wildman–Crippen MR) is 152 cm³/mol.